The maximum Gasteiger partial charge on any atom is 0.255 e. The zero-order valence-corrected chi connectivity index (χ0v) is 23.5. The SMILES string of the molecule is O=C(C=Cc1cccnc1)NCc1cc2cc(-c3ccc(C(=O)N4CCC(F)(F)CC4)cn3)cc(-c3ccc(F)cc3)c2o1. The number of benzene rings is 2. The summed E-state index contributed by atoms with van der Waals surface area (Å²) in [6.07, 6.45) is 7.13. The quantitative estimate of drug-likeness (QED) is 0.207. The third kappa shape index (κ3) is 6.54. The standard InChI is InChI=1S/C34H27F3N4O3/c35-27-7-4-23(5-8-27)29-18-25(30-9-6-24(20-39-30)33(43)41-14-11-34(36,37)12-15-41)16-26-17-28(44-32(26)29)21-40-31(42)10-3-22-2-1-13-38-19-22/h1-10,13,16-20H,11-12,14-15,21H2,(H,40,42). The monoisotopic (exact) mass is 596 g/mol. The molecule has 10 heteroatoms. The highest BCUT2D eigenvalue weighted by molar-refractivity contribution is 5.97. The average molecular weight is 597 g/mol. The van der Waals surface area contributed by atoms with Crippen LogP contribution in [0.15, 0.2) is 95.8 Å². The number of hydrogen-bond acceptors (Lipinski definition) is 5. The Hall–Kier alpha value is -5.25. The van der Waals surface area contributed by atoms with Crippen molar-refractivity contribution < 1.29 is 27.2 Å². The van der Waals surface area contributed by atoms with Crippen LogP contribution in [-0.4, -0.2) is 45.7 Å². The molecule has 3 aromatic heterocycles. The van der Waals surface area contributed by atoms with E-state index in [4.69, 9.17) is 4.42 Å². The van der Waals surface area contributed by atoms with Gasteiger partial charge in [0.25, 0.3) is 11.8 Å². The van der Waals surface area contributed by atoms with Gasteiger partial charge in [0.05, 0.1) is 17.8 Å². The summed E-state index contributed by atoms with van der Waals surface area (Å²) < 4.78 is 47.0. The van der Waals surface area contributed by atoms with Crippen molar-refractivity contribution in [2.45, 2.75) is 25.3 Å². The number of aromatic nitrogens is 2. The van der Waals surface area contributed by atoms with Crippen LogP contribution in [0, 0.1) is 5.82 Å². The molecule has 1 N–H and O–H groups in total. The van der Waals surface area contributed by atoms with Gasteiger partial charge in [-0.1, -0.05) is 18.2 Å². The van der Waals surface area contributed by atoms with E-state index in [1.54, 1.807) is 48.8 Å². The summed E-state index contributed by atoms with van der Waals surface area (Å²) in [7, 11) is 0. The molecule has 4 heterocycles. The van der Waals surface area contributed by atoms with Crippen LogP contribution >= 0.6 is 0 Å². The van der Waals surface area contributed by atoms with Crippen molar-refractivity contribution in [1.29, 1.82) is 0 Å². The Balaban J connectivity index is 1.25. The molecule has 0 atom stereocenters. The first-order valence-electron chi connectivity index (χ1n) is 14.1. The highest BCUT2D eigenvalue weighted by atomic mass is 19.3. The molecule has 5 aromatic rings. The van der Waals surface area contributed by atoms with Gasteiger partial charge >= 0.3 is 0 Å². The number of fused-ring (bicyclic) bond motifs is 1. The first kappa shape index (κ1) is 28.9. The number of alkyl halides is 2. The van der Waals surface area contributed by atoms with Gasteiger partial charge in [-0.05, 0) is 65.7 Å². The number of carbonyl (C=O) groups is 2. The molecule has 222 valence electrons. The lowest BCUT2D eigenvalue weighted by Gasteiger charge is -2.31. The van der Waals surface area contributed by atoms with Gasteiger partial charge in [-0.2, -0.15) is 0 Å². The number of amides is 2. The summed E-state index contributed by atoms with van der Waals surface area (Å²) >= 11 is 0. The number of rotatable bonds is 7. The number of carbonyl (C=O) groups excluding carboxylic acids is 2. The van der Waals surface area contributed by atoms with E-state index >= 15 is 0 Å². The maximum absolute atomic E-state index is 13.7. The van der Waals surface area contributed by atoms with Gasteiger partial charge in [0.15, 0.2) is 0 Å². The number of pyridine rings is 2. The predicted molar refractivity (Wildman–Crippen MR) is 160 cm³/mol. The zero-order valence-electron chi connectivity index (χ0n) is 23.5. The van der Waals surface area contributed by atoms with Crippen molar-refractivity contribution in [1.82, 2.24) is 20.2 Å². The van der Waals surface area contributed by atoms with Gasteiger partial charge < -0.3 is 14.6 Å². The molecule has 0 radical (unpaired) electrons. The number of piperidine rings is 1. The topological polar surface area (TPSA) is 88.3 Å². The molecule has 0 saturated carbocycles. The molecule has 0 aliphatic carbocycles. The fourth-order valence-electron chi connectivity index (χ4n) is 5.08. The first-order chi connectivity index (χ1) is 21.2. The second-order valence-electron chi connectivity index (χ2n) is 10.6. The van der Waals surface area contributed by atoms with Crippen molar-refractivity contribution >= 4 is 28.9 Å². The summed E-state index contributed by atoms with van der Waals surface area (Å²) in [6.45, 7) is 0.130. The summed E-state index contributed by atoms with van der Waals surface area (Å²) in [5.41, 5.74) is 4.39. The molecule has 1 fully saturated rings. The molecule has 7 nitrogen and oxygen atoms in total. The number of nitrogens with zero attached hydrogens (tertiary/aromatic N) is 3. The summed E-state index contributed by atoms with van der Waals surface area (Å²) in [4.78, 5) is 35.2. The normalized spacial score (nSPS) is 14.7. The third-order valence-electron chi connectivity index (χ3n) is 7.46. The van der Waals surface area contributed by atoms with E-state index in [9.17, 15) is 22.8 Å². The van der Waals surface area contributed by atoms with Crippen molar-refractivity contribution in [3.05, 3.63) is 114 Å². The van der Waals surface area contributed by atoms with Gasteiger partial charge in [-0.25, -0.2) is 13.2 Å². The second-order valence-corrected chi connectivity index (χ2v) is 10.6. The van der Waals surface area contributed by atoms with E-state index in [-0.39, 0.29) is 50.1 Å². The van der Waals surface area contributed by atoms with Gasteiger partial charge in [0.2, 0.25) is 5.91 Å². The molecule has 6 rings (SSSR count). The summed E-state index contributed by atoms with van der Waals surface area (Å²) in [5.74, 6) is -3.23. The van der Waals surface area contributed by atoms with Crippen LogP contribution in [0.4, 0.5) is 13.2 Å². The van der Waals surface area contributed by atoms with E-state index < -0.39 is 5.92 Å². The molecule has 0 bridgehead atoms. The first-order valence-corrected chi connectivity index (χ1v) is 14.1. The Bertz CT molecular complexity index is 1830. The van der Waals surface area contributed by atoms with Crippen LogP contribution in [0.2, 0.25) is 0 Å². The molecule has 1 aliphatic rings. The highest BCUT2D eigenvalue weighted by Gasteiger charge is 2.35. The van der Waals surface area contributed by atoms with Crippen LogP contribution < -0.4 is 5.32 Å². The minimum Gasteiger partial charge on any atom is -0.459 e. The van der Waals surface area contributed by atoms with Gasteiger partial charge in [0.1, 0.15) is 17.2 Å². The molecular formula is C34H27F3N4O3. The van der Waals surface area contributed by atoms with E-state index in [1.807, 2.05) is 24.3 Å². The van der Waals surface area contributed by atoms with Crippen LogP contribution in [0.25, 0.3) is 39.4 Å². The third-order valence-corrected chi connectivity index (χ3v) is 7.46. The molecule has 2 aromatic carbocycles. The molecule has 0 unspecified atom stereocenters. The Labute approximate surface area is 251 Å². The molecule has 2 amide bonds. The minimum atomic E-state index is -2.74. The molecule has 1 saturated heterocycles. The summed E-state index contributed by atoms with van der Waals surface area (Å²) in [6, 6.07) is 18.6. The minimum absolute atomic E-state index is 0.00461. The summed E-state index contributed by atoms with van der Waals surface area (Å²) in [5, 5.41) is 3.56. The maximum atomic E-state index is 13.7. The van der Waals surface area contributed by atoms with E-state index in [0.29, 0.717) is 28.2 Å². The van der Waals surface area contributed by atoms with E-state index in [1.165, 1.54) is 29.3 Å². The van der Waals surface area contributed by atoms with Crippen LogP contribution in [0.1, 0.15) is 34.5 Å². The van der Waals surface area contributed by atoms with E-state index in [2.05, 4.69) is 15.3 Å². The zero-order chi connectivity index (χ0) is 30.7. The number of halogens is 3. The number of nitrogens with one attached hydrogen (secondary N) is 1. The van der Waals surface area contributed by atoms with Crippen molar-refractivity contribution in [2.75, 3.05) is 13.1 Å². The van der Waals surface area contributed by atoms with Gasteiger partial charge in [-0.15, -0.1) is 0 Å². The Kier molecular flexibility index (Phi) is 7.97. The Morgan fingerprint density at radius 2 is 1.77 bits per heavy atom. The van der Waals surface area contributed by atoms with Gasteiger partial charge in [0, 0.05) is 67.1 Å². The number of likely N-dealkylation sites (tertiary alicyclic amines) is 1. The largest absolute Gasteiger partial charge is 0.459 e. The fourth-order valence-corrected chi connectivity index (χ4v) is 5.08. The van der Waals surface area contributed by atoms with Crippen molar-refractivity contribution in [2.24, 2.45) is 0 Å². The Morgan fingerprint density at radius 3 is 2.48 bits per heavy atom. The smallest absolute Gasteiger partial charge is 0.255 e. The van der Waals surface area contributed by atoms with E-state index in [0.717, 1.165) is 22.1 Å². The fraction of sp³-hybridized carbons (Fsp3) is 0.176. The van der Waals surface area contributed by atoms with Crippen LogP contribution in [-0.2, 0) is 11.3 Å². The Morgan fingerprint density at radius 1 is 0.977 bits per heavy atom. The molecule has 0 spiro atoms. The molecule has 1 aliphatic heterocycles. The lowest BCUT2D eigenvalue weighted by atomic mass is 9.98. The van der Waals surface area contributed by atoms with Crippen molar-refractivity contribution in [3.63, 3.8) is 0 Å². The molecule has 44 heavy (non-hydrogen) atoms. The van der Waals surface area contributed by atoms with Gasteiger partial charge in [-0.3, -0.25) is 19.6 Å². The number of hydrogen-bond donors (Lipinski definition) is 1. The predicted octanol–water partition coefficient (Wildman–Crippen LogP) is 6.90. The number of furan rings is 1. The second kappa shape index (κ2) is 12.2. The lowest BCUT2D eigenvalue weighted by molar-refractivity contribution is -0.116. The average Bonchev–Trinajstić information content (AvgIpc) is 3.46. The van der Waals surface area contributed by atoms with Crippen LogP contribution in [0.3, 0.4) is 0 Å². The van der Waals surface area contributed by atoms with Crippen molar-refractivity contribution in [3.8, 4) is 22.4 Å². The van der Waals surface area contributed by atoms with Crippen LogP contribution in [0.5, 0.6) is 0 Å². The lowest BCUT2D eigenvalue weighted by Crippen LogP contribution is -2.42. The molecular weight excluding hydrogens is 569 g/mol. The highest BCUT2D eigenvalue weighted by Crippen LogP contribution is 2.36.